The van der Waals surface area contributed by atoms with Crippen molar-refractivity contribution in [2.75, 3.05) is 31.1 Å². The first-order valence-corrected chi connectivity index (χ1v) is 10.6. The zero-order valence-electron chi connectivity index (χ0n) is 15.7. The van der Waals surface area contributed by atoms with Crippen molar-refractivity contribution in [3.8, 4) is 10.6 Å². The van der Waals surface area contributed by atoms with Crippen molar-refractivity contribution in [1.29, 1.82) is 0 Å². The Morgan fingerprint density at radius 2 is 2.00 bits per heavy atom. The summed E-state index contributed by atoms with van der Waals surface area (Å²) in [5, 5.41) is 8.17. The van der Waals surface area contributed by atoms with Gasteiger partial charge in [-0.15, -0.1) is 22.7 Å². The summed E-state index contributed by atoms with van der Waals surface area (Å²) in [5.74, 6) is 0.0808. The van der Waals surface area contributed by atoms with Crippen molar-refractivity contribution in [3.63, 3.8) is 0 Å². The van der Waals surface area contributed by atoms with Crippen molar-refractivity contribution in [2.24, 2.45) is 7.05 Å². The lowest BCUT2D eigenvalue weighted by Gasteiger charge is -2.21. The van der Waals surface area contributed by atoms with Gasteiger partial charge in [0.1, 0.15) is 9.88 Å². The quantitative estimate of drug-likeness (QED) is 0.674. The van der Waals surface area contributed by atoms with E-state index in [9.17, 15) is 4.79 Å². The smallest absolute Gasteiger partial charge is 0.265 e. The summed E-state index contributed by atoms with van der Waals surface area (Å²) in [4.78, 5) is 27.3. The molecular weight excluding hydrogens is 380 g/mol. The van der Waals surface area contributed by atoms with Crippen molar-refractivity contribution < 1.29 is 4.79 Å². The van der Waals surface area contributed by atoms with Gasteiger partial charge in [0, 0.05) is 50.4 Å². The molecule has 3 aromatic rings. The van der Waals surface area contributed by atoms with Gasteiger partial charge in [0.15, 0.2) is 5.13 Å². The zero-order valence-corrected chi connectivity index (χ0v) is 17.3. The van der Waals surface area contributed by atoms with E-state index in [1.165, 1.54) is 11.3 Å². The van der Waals surface area contributed by atoms with Crippen LogP contribution in [0.25, 0.3) is 10.6 Å². The maximum Gasteiger partial charge on any atom is 0.265 e. The number of amides is 1. The maximum absolute atomic E-state index is 13.1. The Bertz CT molecular complexity index is 959. The molecule has 0 N–H and O–H groups in total. The number of aromatic nitrogens is 4. The molecule has 3 aromatic heterocycles. The van der Waals surface area contributed by atoms with E-state index in [2.05, 4.69) is 25.3 Å². The van der Waals surface area contributed by atoms with Crippen LogP contribution in [0, 0.1) is 13.8 Å². The van der Waals surface area contributed by atoms with E-state index in [4.69, 9.17) is 0 Å². The van der Waals surface area contributed by atoms with E-state index in [-0.39, 0.29) is 5.91 Å². The second-order valence-corrected chi connectivity index (χ2v) is 8.58. The Balaban J connectivity index is 1.49. The molecule has 4 rings (SSSR count). The molecular formula is C18H22N6OS2. The molecule has 0 aliphatic carbocycles. The first-order chi connectivity index (χ1) is 13.0. The number of aryl methyl sites for hydroxylation is 3. The number of thiazole rings is 2. The predicted octanol–water partition coefficient (Wildman–Crippen LogP) is 2.97. The third-order valence-corrected chi connectivity index (χ3v) is 6.82. The second kappa shape index (κ2) is 7.40. The van der Waals surface area contributed by atoms with E-state index in [0.29, 0.717) is 6.54 Å². The number of hydrogen-bond donors (Lipinski definition) is 0. The average molecular weight is 403 g/mol. The van der Waals surface area contributed by atoms with Gasteiger partial charge in [-0.05, 0) is 20.3 Å². The molecule has 1 amide bonds. The number of anilines is 1. The minimum atomic E-state index is 0.0808. The van der Waals surface area contributed by atoms with E-state index >= 15 is 0 Å². The van der Waals surface area contributed by atoms with Crippen molar-refractivity contribution >= 4 is 33.7 Å². The molecule has 0 radical (unpaired) electrons. The molecule has 1 saturated heterocycles. The van der Waals surface area contributed by atoms with Crippen LogP contribution in [0.15, 0.2) is 17.8 Å². The molecule has 9 heteroatoms. The van der Waals surface area contributed by atoms with Crippen LogP contribution in [0.1, 0.15) is 27.5 Å². The van der Waals surface area contributed by atoms with Gasteiger partial charge in [-0.25, -0.2) is 9.97 Å². The van der Waals surface area contributed by atoms with Gasteiger partial charge in [0.25, 0.3) is 5.91 Å². The lowest BCUT2D eigenvalue weighted by atomic mass is 10.3. The number of hydrogen-bond acceptors (Lipinski definition) is 7. The molecule has 1 aliphatic heterocycles. The molecule has 0 unspecified atom stereocenters. The Morgan fingerprint density at radius 1 is 1.15 bits per heavy atom. The minimum absolute atomic E-state index is 0.0808. The van der Waals surface area contributed by atoms with E-state index in [1.807, 2.05) is 32.0 Å². The average Bonchev–Trinajstić information content (AvgIpc) is 3.31. The van der Waals surface area contributed by atoms with Gasteiger partial charge in [-0.1, -0.05) is 0 Å². The number of carbonyl (C=O) groups excluding carboxylic acids is 1. The van der Waals surface area contributed by atoms with Gasteiger partial charge < -0.3 is 9.80 Å². The minimum Gasteiger partial charge on any atom is -0.346 e. The highest BCUT2D eigenvalue weighted by atomic mass is 32.1. The van der Waals surface area contributed by atoms with Crippen LogP contribution < -0.4 is 4.90 Å². The molecule has 1 fully saturated rings. The SMILES string of the molecule is Cc1csc(N2CCCN(C(=O)c3sc(-c4cnn(C)c4)nc3C)CC2)n1. The monoisotopic (exact) mass is 402 g/mol. The molecule has 0 spiro atoms. The van der Waals surface area contributed by atoms with Crippen LogP contribution in [0.2, 0.25) is 0 Å². The standard InChI is InChI=1S/C18H22N6OS2/c1-12-11-26-18(20-12)24-6-4-5-23(7-8-24)17(25)15-13(2)21-16(27-15)14-9-19-22(3)10-14/h9-11H,4-8H2,1-3H3. The van der Waals surface area contributed by atoms with Crippen LogP contribution in [0.4, 0.5) is 5.13 Å². The van der Waals surface area contributed by atoms with Crippen LogP contribution in [0.5, 0.6) is 0 Å². The molecule has 4 heterocycles. The third kappa shape index (κ3) is 3.74. The lowest BCUT2D eigenvalue weighted by Crippen LogP contribution is -2.35. The fraction of sp³-hybridized carbons (Fsp3) is 0.444. The fourth-order valence-electron chi connectivity index (χ4n) is 3.19. The predicted molar refractivity (Wildman–Crippen MR) is 109 cm³/mol. The molecule has 0 aromatic carbocycles. The highest BCUT2D eigenvalue weighted by molar-refractivity contribution is 7.17. The second-order valence-electron chi connectivity index (χ2n) is 6.74. The van der Waals surface area contributed by atoms with Crippen LogP contribution in [-0.2, 0) is 7.05 Å². The Labute approximate surface area is 166 Å². The number of rotatable bonds is 3. The summed E-state index contributed by atoms with van der Waals surface area (Å²) < 4.78 is 1.75. The molecule has 7 nitrogen and oxygen atoms in total. The normalized spacial score (nSPS) is 15.2. The van der Waals surface area contributed by atoms with E-state index < -0.39 is 0 Å². The van der Waals surface area contributed by atoms with Crippen molar-refractivity contribution in [3.05, 3.63) is 34.0 Å². The molecule has 1 aliphatic rings. The van der Waals surface area contributed by atoms with E-state index in [1.54, 1.807) is 22.2 Å². The topological polar surface area (TPSA) is 67.2 Å². The van der Waals surface area contributed by atoms with Crippen LogP contribution >= 0.6 is 22.7 Å². The third-order valence-electron chi connectivity index (χ3n) is 4.60. The summed E-state index contributed by atoms with van der Waals surface area (Å²) in [6, 6.07) is 0. The molecule has 27 heavy (non-hydrogen) atoms. The molecule has 0 bridgehead atoms. The summed E-state index contributed by atoms with van der Waals surface area (Å²) in [5.41, 5.74) is 2.79. The Hall–Kier alpha value is -2.26. The largest absolute Gasteiger partial charge is 0.346 e. The van der Waals surface area contributed by atoms with Gasteiger partial charge in [0.2, 0.25) is 0 Å². The number of carbonyl (C=O) groups is 1. The fourth-order valence-corrected chi connectivity index (χ4v) is 5.06. The summed E-state index contributed by atoms with van der Waals surface area (Å²) in [6.45, 7) is 7.13. The summed E-state index contributed by atoms with van der Waals surface area (Å²) >= 11 is 3.13. The van der Waals surface area contributed by atoms with Gasteiger partial charge in [-0.3, -0.25) is 9.48 Å². The lowest BCUT2D eigenvalue weighted by molar-refractivity contribution is 0.0771. The van der Waals surface area contributed by atoms with Crippen molar-refractivity contribution in [1.82, 2.24) is 24.6 Å². The Morgan fingerprint density at radius 3 is 2.70 bits per heavy atom. The van der Waals surface area contributed by atoms with Crippen molar-refractivity contribution in [2.45, 2.75) is 20.3 Å². The molecule has 0 atom stereocenters. The van der Waals surface area contributed by atoms with Gasteiger partial charge >= 0.3 is 0 Å². The first kappa shape index (κ1) is 18.1. The van der Waals surface area contributed by atoms with Crippen LogP contribution in [-0.4, -0.2) is 56.7 Å². The van der Waals surface area contributed by atoms with Gasteiger partial charge in [0.05, 0.1) is 17.6 Å². The molecule has 142 valence electrons. The van der Waals surface area contributed by atoms with Crippen LogP contribution in [0.3, 0.4) is 0 Å². The number of nitrogens with zero attached hydrogens (tertiary/aromatic N) is 6. The maximum atomic E-state index is 13.1. The highest BCUT2D eigenvalue weighted by Crippen LogP contribution is 2.29. The summed E-state index contributed by atoms with van der Waals surface area (Å²) in [7, 11) is 1.88. The molecule has 0 saturated carbocycles. The van der Waals surface area contributed by atoms with Gasteiger partial charge in [-0.2, -0.15) is 5.10 Å². The zero-order chi connectivity index (χ0) is 19.0. The summed E-state index contributed by atoms with van der Waals surface area (Å²) in [6.07, 6.45) is 4.65. The highest BCUT2D eigenvalue weighted by Gasteiger charge is 2.25. The Kier molecular flexibility index (Phi) is 4.96. The van der Waals surface area contributed by atoms with E-state index in [0.717, 1.165) is 58.0 Å². The first-order valence-electron chi connectivity index (χ1n) is 8.94.